The van der Waals surface area contributed by atoms with Crippen LogP contribution in [0.5, 0.6) is 5.88 Å². The van der Waals surface area contributed by atoms with E-state index in [9.17, 15) is 17.6 Å². The highest BCUT2D eigenvalue weighted by molar-refractivity contribution is 5.24. The summed E-state index contributed by atoms with van der Waals surface area (Å²) in [5.74, 6) is -4.32. The molecule has 0 unspecified atom stereocenters. The molecule has 0 fully saturated rings. The second-order valence-electron chi connectivity index (χ2n) is 3.51. The predicted molar refractivity (Wildman–Crippen MR) is 53.3 cm³/mol. The largest absolute Gasteiger partial charge is 0.471 e. The Bertz CT molecular complexity index is 385. The molecule has 2 N–H and O–H groups in total. The van der Waals surface area contributed by atoms with Crippen molar-refractivity contribution in [3.63, 3.8) is 0 Å². The van der Waals surface area contributed by atoms with E-state index < -0.39 is 19.0 Å². The highest BCUT2D eigenvalue weighted by Crippen LogP contribution is 2.24. The molecule has 0 aliphatic carbocycles. The number of aryl methyl sites for hydroxylation is 1. The van der Waals surface area contributed by atoms with Gasteiger partial charge in [-0.3, -0.25) is 0 Å². The zero-order chi connectivity index (χ0) is 13.1. The molecule has 0 aliphatic heterocycles. The van der Waals surface area contributed by atoms with Gasteiger partial charge in [0.25, 0.3) is 0 Å². The Morgan fingerprint density at radius 3 is 2.59 bits per heavy atom. The molecule has 0 saturated heterocycles. The molecule has 1 aromatic heterocycles. The topological polar surface area (TPSA) is 48.1 Å². The molecule has 0 aliphatic rings. The third-order valence-corrected chi connectivity index (χ3v) is 1.96. The van der Waals surface area contributed by atoms with Crippen LogP contribution < -0.4 is 10.5 Å². The Labute approximate surface area is 95.6 Å². The third-order valence-electron chi connectivity index (χ3n) is 1.96. The highest BCUT2D eigenvalue weighted by Gasteiger charge is 2.41. The van der Waals surface area contributed by atoms with E-state index in [4.69, 9.17) is 5.73 Å². The SMILES string of the molecule is Cc1cc(CN)cc(OCC(F)(F)C(F)F)n1. The lowest BCUT2D eigenvalue weighted by atomic mass is 10.2. The van der Waals surface area contributed by atoms with Crippen molar-refractivity contribution in [1.29, 1.82) is 0 Å². The van der Waals surface area contributed by atoms with Gasteiger partial charge >= 0.3 is 12.3 Å². The molecule has 0 saturated carbocycles. The van der Waals surface area contributed by atoms with Gasteiger partial charge in [0, 0.05) is 18.3 Å². The fraction of sp³-hybridized carbons (Fsp3) is 0.500. The number of halogens is 4. The van der Waals surface area contributed by atoms with Gasteiger partial charge in [-0.15, -0.1) is 0 Å². The smallest absolute Gasteiger partial charge is 0.340 e. The number of ether oxygens (including phenoxy) is 1. The van der Waals surface area contributed by atoms with E-state index in [1.165, 1.54) is 6.07 Å². The number of rotatable bonds is 5. The minimum absolute atomic E-state index is 0.134. The summed E-state index contributed by atoms with van der Waals surface area (Å²) in [7, 11) is 0. The number of hydrogen-bond acceptors (Lipinski definition) is 3. The molecule has 1 aromatic rings. The molecule has 96 valence electrons. The first-order chi connectivity index (χ1) is 7.85. The number of pyridine rings is 1. The second-order valence-corrected chi connectivity index (χ2v) is 3.51. The highest BCUT2D eigenvalue weighted by atomic mass is 19.3. The van der Waals surface area contributed by atoms with Crippen LogP contribution in [0.15, 0.2) is 12.1 Å². The van der Waals surface area contributed by atoms with Gasteiger partial charge in [0.1, 0.15) is 0 Å². The molecule has 7 heteroatoms. The average molecular weight is 252 g/mol. The summed E-state index contributed by atoms with van der Waals surface area (Å²) in [6, 6.07) is 2.99. The van der Waals surface area contributed by atoms with Crippen molar-refractivity contribution < 1.29 is 22.3 Å². The molecule has 0 atom stereocenters. The van der Waals surface area contributed by atoms with Crippen LogP contribution in [0, 0.1) is 6.92 Å². The molecule has 0 aromatic carbocycles. The first-order valence-corrected chi connectivity index (χ1v) is 4.81. The van der Waals surface area contributed by atoms with Gasteiger partial charge in [-0.05, 0) is 18.6 Å². The van der Waals surface area contributed by atoms with Crippen molar-refractivity contribution in [3.8, 4) is 5.88 Å². The van der Waals surface area contributed by atoms with Crippen molar-refractivity contribution in [3.05, 3.63) is 23.4 Å². The predicted octanol–water partition coefficient (Wildman–Crippen LogP) is 2.13. The number of aromatic nitrogens is 1. The third kappa shape index (κ3) is 3.85. The minimum Gasteiger partial charge on any atom is -0.471 e. The van der Waals surface area contributed by atoms with Crippen molar-refractivity contribution in [2.24, 2.45) is 5.73 Å². The zero-order valence-electron chi connectivity index (χ0n) is 9.09. The second kappa shape index (κ2) is 5.31. The van der Waals surface area contributed by atoms with Crippen molar-refractivity contribution >= 4 is 0 Å². The van der Waals surface area contributed by atoms with Gasteiger partial charge in [-0.25, -0.2) is 13.8 Å². The van der Waals surface area contributed by atoms with E-state index in [2.05, 4.69) is 9.72 Å². The van der Waals surface area contributed by atoms with Gasteiger partial charge in [-0.2, -0.15) is 8.78 Å². The summed E-state index contributed by atoms with van der Waals surface area (Å²) in [6.45, 7) is 0.396. The molecular weight excluding hydrogens is 240 g/mol. The van der Waals surface area contributed by atoms with Crippen LogP contribution in [0.3, 0.4) is 0 Å². The zero-order valence-corrected chi connectivity index (χ0v) is 9.09. The lowest BCUT2D eigenvalue weighted by molar-refractivity contribution is -0.148. The number of nitrogens with zero attached hydrogens (tertiary/aromatic N) is 1. The quantitative estimate of drug-likeness (QED) is 0.816. The Balaban J connectivity index is 2.72. The van der Waals surface area contributed by atoms with E-state index >= 15 is 0 Å². The maximum Gasteiger partial charge on any atom is 0.340 e. The monoisotopic (exact) mass is 252 g/mol. The van der Waals surface area contributed by atoms with Gasteiger partial charge < -0.3 is 10.5 Å². The summed E-state index contributed by atoms with van der Waals surface area (Å²) in [5.41, 5.74) is 6.52. The summed E-state index contributed by atoms with van der Waals surface area (Å²) < 4.78 is 53.5. The first-order valence-electron chi connectivity index (χ1n) is 4.81. The van der Waals surface area contributed by atoms with Crippen molar-refractivity contribution in [1.82, 2.24) is 4.98 Å². The summed E-state index contributed by atoms with van der Waals surface area (Å²) in [6.07, 6.45) is -3.76. The van der Waals surface area contributed by atoms with E-state index in [-0.39, 0.29) is 12.4 Å². The van der Waals surface area contributed by atoms with Crippen LogP contribution in [-0.2, 0) is 6.54 Å². The van der Waals surface area contributed by atoms with Crippen molar-refractivity contribution in [2.75, 3.05) is 6.61 Å². The van der Waals surface area contributed by atoms with Gasteiger partial charge in [0.2, 0.25) is 5.88 Å². The van der Waals surface area contributed by atoms with Crippen LogP contribution in [0.2, 0.25) is 0 Å². The Kier molecular flexibility index (Phi) is 4.28. The standard InChI is InChI=1S/C10H12F4N2O/c1-6-2-7(4-15)3-8(16-6)17-5-10(13,14)9(11)12/h2-3,9H,4-5,15H2,1H3. The van der Waals surface area contributed by atoms with Crippen molar-refractivity contribution in [2.45, 2.75) is 25.8 Å². The van der Waals surface area contributed by atoms with Gasteiger partial charge in [0.05, 0.1) is 0 Å². The lowest BCUT2D eigenvalue weighted by Gasteiger charge is -2.15. The Morgan fingerprint density at radius 1 is 1.41 bits per heavy atom. The Hall–Kier alpha value is -1.37. The Morgan fingerprint density at radius 2 is 2.06 bits per heavy atom. The van der Waals surface area contributed by atoms with E-state index in [0.717, 1.165) is 0 Å². The molecular formula is C10H12F4N2O. The molecule has 0 amide bonds. The fourth-order valence-electron chi connectivity index (χ4n) is 1.13. The maximum atomic E-state index is 12.6. The summed E-state index contributed by atoms with van der Waals surface area (Å²) in [4.78, 5) is 3.79. The van der Waals surface area contributed by atoms with Crippen LogP contribution in [0.25, 0.3) is 0 Å². The van der Waals surface area contributed by atoms with E-state index in [0.29, 0.717) is 11.3 Å². The van der Waals surface area contributed by atoms with E-state index in [1.54, 1.807) is 13.0 Å². The molecule has 0 bridgehead atoms. The van der Waals surface area contributed by atoms with Gasteiger partial charge in [0.15, 0.2) is 6.61 Å². The number of alkyl halides is 4. The van der Waals surface area contributed by atoms with Gasteiger partial charge in [-0.1, -0.05) is 0 Å². The summed E-state index contributed by atoms with van der Waals surface area (Å²) in [5, 5.41) is 0. The molecule has 0 radical (unpaired) electrons. The number of hydrogen-bond donors (Lipinski definition) is 1. The first kappa shape index (κ1) is 13.7. The molecule has 0 spiro atoms. The maximum absolute atomic E-state index is 12.6. The molecule has 17 heavy (non-hydrogen) atoms. The molecule has 1 heterocycles. The van der Waals surface area contributed by atoms with Crippen LogP contribution in [0.1, 0.15) is 11.3 Å². The van der Waals surface area contributed by atoms with Crippen LogP contribution >= 0.6 is 0 Å². The molecule has 3 nitrogen and oxygen atoms in total. The lowest BCUT2D eigenvalue weighted by Crippen LogP contribution is -2.34. The van der Waals surface area contributed by atoms with Crippen LogP contribution in [-0.4, -0.2) is 23.9 Å². The summed E-state index contributed by atoms with van der Waals surface area (Å²) >= 11 is 0. The normalized spacial score (nSPS) is 11.9. The minimum atomic E-state index is -4.19. The average Bonchev–Trinajstić information content (AvgIpc) is 2.25. The molecule has 1 rings (SSSR count). The van der Waals surface area contributed by atoms with Crippen LogP contribution in [0.4, 0.5) is 17.6 Å². The van der Waals surface area contributed by atoms with E-state index in [1.807, 2.05) is 0 Å². The number of nitrogens with two attached hydrogens (primary N) is 1. The fourth-order valence-corrected chi connectivity index (χ4v) is 1.13.